The average molecular weight is 464 g/mol. The van der Waals surface area contributed by atoms with E-state index in [1.807, 2.05) is 60.7 Å². The summed E-state index contributed by atoms with van der Waals surface area (Å²) < 4.78 is 34.9. The molecule has 0 saturated carbocycles. The first-order chi connectivity index (χ1) is 16.7. The average Bonchev–Trinajstić information content (AvgIpc) is 3.45. The lowest BCUT2D eigenvalue weighted by atomic mass is 9.99. The summed E-state index contributed by atoms with van der Waals surface area (Å²) >= 11 is 0. The van der Waals surface area contributed by atoms with E-state index in [4.69, 9.17) is 19.9 Å². The van der Waals surface area contributed by atoms with Gasteiger partial charge < -0.3 is 19.9 Å². The van der Waals surface area contributed by atoms with E-state index in [1.54, 1.807) is 17.1 Å². The predicted molar refractivity (Wildman–Crippen MR) is 124 cm³/mol. The minimum Gasteiger partial charge on any atom is -0.374 e. The number of hydrogen-bond acceptors (Lipinski definition) is 7. The number of nitrogens with zero attached hydrogens (tertiary/aromatic N) is 4. The zero-order valence-electron chi connectivity index (χ0n) is 18.6. The van der Waals surface area contributed by atoms with Crippen LogP contribution in [0.2, 0.25) is 0 Å². The second-order valence-corrected chi connectivity index (χ2v) is 8.36. The van der Waals surface area contributed by atoms with Crippen LogP contribution in [0.25, 0.3) is 11.2 Å². The third-order valence-corrected chi connectivity index (χ3v) is 6.00. The highest BCUT2D eigenvalue weighted by Crippen LogP contribution is 2.41. The maximum absolute atomic E-state index is 14.7. The van der Waals surface area contributed by atoms with Crippen LogP contribution in [0.3, 0.4) is 0 Å². The van der Waals surface area contributed by atoms with E-state index in [0.717, 1.165) is 11.1 Å². The van der Waals surface area contributed by atoms with Gasteiger partial charge in [-0.3, -0.25) is 4.57 Å². The Morgan fingerprint density at radius 2 is 1.74 bits per heavy atom. The van der Waals surface area contributed by atoms with Crippen LogP contribution in [0.4, 0.5) is 10.3 Å². The van der Waals surface area contributed by atoms with Gasteiger partial charge in [-0.05, 0) is 11.1 Å². The summed E-state index contributed by atoms with van der Waals surface area (Å²) in [4.78, 5) is 12.6. The minimum absolute atomic E-state index is 0.0398. The van der Waals surface area contributed by atoms with E-state index in [9.17, 15) is 4.39 Å². The summed E-state index contributed by atoms with van der Waals surface area (Å²) in [7, 11) is 0. The highest BCUT2D eigenvalue weighted by molar-refractivity contribution is 5.70. The zero-order chi connectivity index (χ0) is 23.4. The first-order valence-corrected chi connectivity index (χ1v) is 11.1. The van der Waals surface area contributed by atoms with E-state index < -0.39 is 24.6 Å². The van der Waals surface area contributed by atoms with Crippen LogP contribution in [-0.4, -0.2) is 44.5 Å². The predicted octanol–water partition coefficient (Wildman–Crippen LogP) is 3.84. The van der Waals surface area contributed by atoms with Gasteiger partial charge in [0.05, 0.1) is 38.4 Å². The monoisotopic (exact) mass is 463 g/mol. The van der Waals surface area contributed by atoms with Crippen molar-refractivity contribution in [1.82, 2.24) is 19.5 Å². The SMILES string of the molecule is Nc1ncc2ncn([C@H]3C[C@H](OCc4ccccc4)[C@@](CF)(COCc4ccccc4)O3)c2n1. The van der Waals surface area contributed by atoms with Crippen LogP contribution >= 0.6 is 0 Å². The van der Waals surface area contributed by atoms with Crippen molar-refractivity contribution >= 4 is 17.1 Å². The molecule has 9 heteroatoms. The first kappa shape index (κ1) is 22.4. The van der Waals surface area contributed by atoms with E-state index in [-0.39, 0.29) is 12.6 Å². The van der Waals surface area contributed by atoms with E-state index in [1.165, 1.54) is 0 Å². The van der Waals surface area contributed by atoms with Crippen molar-refractivity contribution in [3.05, 3.63) is 84.3 Å². The fourth-order valence-electron chi connectivity index (χ4n) is 4.20. The highest BCUT2D eigenvalue weighted by Gasteiger charge is 2.51. The molecule has 0 unspecified atom stereocenters. The van der Waals surface area contributed by atoms with Gasteiger partial charge in [0.25, 0.3) is 0 Å². The molecule has 2 aromatic heterocycles. The van der Waals surface area contributed by atoms with Crippen molar-refractivity contribution in [3.63, 3.8) is 0 Å². The van der Waals surface area contributed by atoms with Crippen LogP contribution in [0.15, 0.2) is 73.2 Å². The first-order valence-electron chi connectivity index (χ1n) is 11.1. The number of nitrogen functional groups attached to an aromatic ring is 1. The maximum Gasteiger partial charge on any atom is 0.222 e. The van der Waals surface area contributed by atoms with E-state index >= 15 is 0 Å². The Morgan fingerprint density at radius 3 is 2.44 bits per heavy atom. The second-order valence-electron chi connectivity index (χ2n) is 8.36. The Hall–Kier alpha value is -3.40. The van der Waals surface area contributed by atoms with Gasteiger partial charge in [-0.2, -0.15) is 4.98 Å². The molecular weight excluding hydrogens is 437 g/mol. The molecule has 3 heterocycles. The number of alkyl halides is 1. The molecule has 2 N–H and O–H groups in total. The van der Waals surface area contributed by atoms with Crippen molar-refractivity contribution in [1.29, 1.82) is 0 Å². The van der Waals surface area contributed by atoms with Gasteiger partial charge in [-0.1, -0.05) is 60.7 Å². The smallest absolute Gasteiger partial charge is 0.222 e. The van der Waals surface area contributed by atoms with Gasteiger partial charge in [-0.25, -0.2) is 14.4 Å². The number of fused-ring (bicyclic) bond motifs is 1. The molecule has 0 aliphatic carbocycles. The van der Waals surface area contributed by atoms with Gasteiger partial charge >= 0.3 is 0 Å². The van der Waals surface area contributed by atoms with Crippen molar-refractivity contribution in [3.8, 4) is 0 Å². The Bertz CT molecular complexity index is 1220. The number of hydrogen-bond donors (Lipinski definition) is 1. The molecule has 1 saturated heterocycles. The third-order valence-electron chi connectivity index (χ3n) is 6.00. The standard InChI is InChI=1S/C25H26FN5O3/c26-15-25(16-32-13-18-7-3-1-4-8-18)21(33-14-19-9-5-2-6-10-19)11-22(34-25)31-17-29-20-12-28-24(27)30-23(20)31/h1-10,12,17,21-22H,11,13-16H2,(H2,27,28,30)/t21-,22+,25+/m0/s1. The van der Waals surface area contributed by atoms with Gasteiger partial charge in [0.15, 0.2) is 5.65 Å². The van der Waals surface area contributed by atoms with Crippen LogP contribution in [0.1, 0.15) is 23.8 Å². The molecule has 1 aliphatic heterocycles. The Labute approximate surface area is 196 Å². The third kappa shape index (κ3) is 4.63. The van der Waals surface area contributed by atoms with E-state index in [2.05, 4.69) is 15.0 Å². The van der Waals surface area contributed by atoms with Crippen molar-refractivity contribution in [2.75, 3.05) is 19.0 Å². The number of anilines is 1. The molecule has 176 valence electrons. The Balaban J connectivity index is 1.38. The summed E-state index contributed by atoms with van der Waals surface area (Å²) in [6, 6.07) is 19.5. The van der Waals surface area contributed by atoms with Gasteiger partial charge in [0.2, 0.25) is 5.95 Å². The van der Waals surface area contributed by atoms with Gasteiger partial charge in [0.1, 0.15) is 24.0 Å². The summed E-state index contributed by atoms with van der Waals surface area (Å²) in [6.45, 7) is -0.0405. The number of nitrogens with two attached hydrogens (primary N) is 1. The number of aromatic nitrogens is 4. The number of imidazole rings is 1. The Morgan fingerprint density at radius 1 is 1.03 bits per heavy atom. The fraction of sp³-hybridized carbons (Fsp3) is 0.320. The molecule has 0 bridgehead atoms. The van der Waals surface area contributed by atoms with Crippen LogP contribution in [0, 0.1) is 0 Å². The van der Waals surface area contributed by atoms with E-state index in [0.29, 0.717) is 30.8 Å². The molecule has 34 heavy (non-hydrogen) atoms. The number of benzene rings is 2. The normalized spacial score (nSPS) is 22.4. The topological polar surface area (TPSA) is 97.3 Å². The molecule has 2 aromatic carbocycles. The van der Waals surface area contributed by atoms with Crippen LogP contribution in [-0.2, 0) is 27.4 Å². The van der Waals surface area contributed by atoms with Crippen molar-refractivity contribution in [2.45, 2.75) is 37.6 Å². The largest absolute Gasteiger partial charge is 0.374 e. The summed E-state index contributed by atoms with van der Waals surface area (Å²) in [6.07, 6.45) is 2.47. The minimum atomic E-state index is -1.27. The number of rotatable bonds is 9. The van der Waals surface area contributed by atoms with Crippen LogP contribution in [0.5, 0.6) is 0 Å². The lowest BCUT2D eigenvalue weighted by Crippen LogP contribution is -2.47. The quantitative estimate of drug-likeness (QED) is 0.403. The lowest BCUT2D eigenvalue weighted by molar-refractivity contribution is -0.164. The molecule has 8 nitrogen and oxygen atoms in total. The molecule has 1 fully saturated rings. The van der Waals surface area contributed by atoms with Crippen LogP contribution < -0.4 is 5.73 Å². The summed E-state index contributed by atoms with van der Waals surface area (Å²) in [5, 5.41) is 0. The molecule has 1 aliphatic rings. The van der Waals surface area contributed by atoms with Crippen molar-refractivity contribution in [2.24, 2.45) is 0 Å². The van der Waals surface area contributed by atoms with Crippen molar-refractivity contribution < 1.29 is 18.6 Å². The lowest BCUT2D eigenvalue weighted by Gasteiger charge is -2.31. The molecular formula is C25H26FN5O3. The molecule has 3 atom stereocenters. The van der Waals surface area contributed by atoms with Gasteiger partial charge in [0, 0.05) is 6.42 Å². The van der Waals surface area contributed by atoms with Gasteiger partial charge in [-0.15, -0.1) is 0 Å². The summed E-state index contributed by atoms with van der Waals surface area (Å²) in [5.41, 5.74) is 7.61. The molecule has 5 rings (SSSR count). The molecule has 0 amide bonds. The molecule has 0 radical (unpaired) electrons. The maximum atomic E-state index is 14.7. The molecule has 0 spiro atoms. The zero-order valence-corrected chi connectivity index (χ0v) is 18.6. The Kier molecular flexibility index (Phi) is 6.48. The number of halogens is 1. The molecule has 4 aromatic rings. The fourth-order valence-corrected chi connectivity index (χ4v) is 4.20. The second kappa shape index (κ2) is 9.84. The highest BCUT2D eigenvalue weighted by atomic mass is 19.1. The summed E-state index contributed by atoms with van der Waals surface area (Å²) in [5.74, 6) is 0.132. The number of ether oxygens (including phenoxy) is 3.